The van der Waals surface area contributed by atoms with Crippen LogP contribution in [0, 0.1) is 0 Å². The van der Waals surface area contributed by atoms with E-state index in [1.165, 1.54) is 18.0 Å². The molecule has 1 amide bonds. The van der Waals surface area contributed by atoms with Gasteiger partial charge in [-0.2, -0.15) is 5.10 Å². The van der Waals surface area contributed by atoms with Crippen molar-refractivity contribution >= 4 is 68.6 Å². The third kappa shape index (κ3) is 5.00. The van der Waals surface area contributed by atoms with Crippen LogP contribution in [0.5, 0.6) is 0 Å². The maximum Gasteiger partial charge on any atom is 0.250 e. The van der Waals surface area contributed by atoms with Gasteiger partial charge in [-0.25, -0.2) is 10.4 Å². The summed E-state index contributed by atoms with van der Waals surface area (Å²) in [5, 5.41) is 5.03. The van der Waals surface area contributed by atoms with Gasteiger partial charge in [0.05, 0.1) is 27.2 Å². The van der Waals surface area contributed by atoms with E-state index in [0.29, 0.717) is 27.1 Å². The molecule has 0 aliphatic carbocycles. The number of rotatable bonds is 6. The molecule has 0 unspecified atom stereocenters. The second-order valence-electron chi connectivity index (χ2n) is 5.86. The lowest BCUT2D eigenvalue weighted by Crippen LogP contribution is -2.19. The Hall–Kier alpha value is -2.32. The largest absolute Gasteiger partial charge is 0.455 e. The summed E-state index contributed by atoms with van der Waals surface area (Å²) in [5.41, 5.74) is 4.11. The molecule has 5 nitrogen and oxygen atoms in total. The lowest BCUT2D eigenvalue weighted by Gasteiger charge is -2.01. The first-order chi connectivity index (χ1) is 14.1. The topological polar surface area (TPSA) is 67.5 Å². The molecule has 1 N–H and O–H groups in total. The standard InChI is InChI=1S/C20H13Cl2N3O2S2/c21-12-5-7-15(22)14(9-12)17-8-6-13(27-17)10-23-25-19(26)11-28-20-24-16-3-1-2-4-18(16)29-20/h1-10H,11H2,(H,25,26). The summed E-state index contributed by atoms with van der Waals surface area (Å²) in [7, 11) is 0. The van der Waals surface area contributed by atoms with Crippen LogP contribution in [-0.4, -0.2) is 22.9 Å². The molecule has 9 heteroatoms. The molecule has 0 aliphatic heterocycles. The van der Waals surface area contributed by atoms with Crippen LogP contribution >= 0.6 is 46.3 Å². The summed E-state index contributed by atoms with van der Waals surface area (Å²) in [6.45, 7) is 0. The molecule has 0 bridgehead atoms. The zero-order chi connectivity index (χ0) is 20.2. The zero-order valence-corrected chi connectivity index (χ0v) is 17.9. The summed E-state index contributed by atoms with van der Waals surface area (Å²) >= 11 is 15.1. The Morgan fingerprint density at radius 2 is 2.07 bits per heavy atom. The van der Waals surface area contributed by atoms with E-state index in [9.17, 15) is 4.79 Å². The van der Waals surface area contributed by atoms with Gasteiger partial charge in [0.1, 0.15) is 11.5 Å². The van der Waals surface area contributed by atoms with Crippen LogP contribution in [0.1, 0.15) is 5.76 Å². The van der Waals surface area contributed by atoms with E-state index in [1.807, 2.05) is 24.3 Å². The van der Waals surface area contributed by atoms with Crippen molar-refractivity contribution in [1.29, 1.82) is 0 Å². The summed E-state index contributed by atoms with van der Waals surface area (Å²) in [5.74, 6) is 1.04. The Kier molecular flexibility index (Phi) is 6.20. The van der Waals surface area contributed by atoms with Crippen LogP contribution in [0.4, 0.5) is 0 Å². The average molecular weight is 462 g/mol. The minimum atomic E-state index is -0.227. The van der Waals surface area contributed by atoms with E-state index in [0.717, 1.165) is 14.6 Å². The number of hydrogen-bond donors (Lipinski definition) is 1. The fraction of sp³-hybridized carbons (Fsp3) is 0.0500. The number of nitrogens with zero attached hydrogens (tertiary/aromatic N) is 2. The molecule has 4 rings (SSSR count). The molecule has 146 valence electrons. The molecule has 0 saturated carbocycles. The van der Waals surface area contributed by atoms with E-state index >= 15 is 0 Å². The number of hydrazone groups is 1. The van der Waals surface area contributed by atoms with Crippen molar-refractivity contribution in [2.75, 3.05) is 5.75 Å². The minimum absolute atomic E-state index is 0.221. The Morgan fingerprint density at radius 3 is 2.93 bits per heavy atom. The van der Waals surface area contributed by atoms with Gasteiger partial charge in [0.2, 0.25) is 0 Å². The van der Waals surface area contributed by atoms with Crippen LogP contribution in [0.25, 0.3) is 21.5 Å². The van der Waals surface area contributed by atoms with Gasteiger partial charge in [-0.15, -0.1) is 11.3 Å². The van der Waals surface area contributed by atoms with Crippen LogP contribution in [0.15, 0.2) is 68.5 Å². The maximum atomic E-state index is 12.0. The molecule has 0 radical (unpaired) electrons. The van der Waals surface area contributed by atoms with Crippen LogP contribution in [0.2, 0.25) is 10.0 Å². The van der Waals surface area contributed by atoms with E-state index in [2.05, 4.69) is 15.5 Å². The molecule has 2 aromatic carbocycles. The predicted molar refractivity (Wildman–Crippen MR) is 120 cm³/mol. The van der Waals surface area contributed by atoms with Crippen molar-refractivity contribution in [2.24, 2.45) is 5.10 Å². The molecule has 0 spiro atoms. The van der Waals surface area contributed by atoms with Gasteiger partial charge in [0.25, 0.3) is 5.91 Å². The third-order valence-corrected chi connectivity index (χ3v) is 6.55. The van der Waals surface area contributed by atoms with E-state index < -0.39 is 0 Å². The van der Waals surface area contributed by atoms with Gasteiger partial charge in [0, 0.05) is 10.6 Å². The second-order valence-corrected chi connectivity index (χ2v) is 8.95. The quantitative estimate of drug-likeness (QED) is 0.213. The molecule has 2 aromatic heterocycles. The number of furan rings is 1. The SMILES string of the molecule is O=C(CSc1nc2ccccc2s1)NN=Cc1ccc(-c2cc(Cl)ccc2Cl)o1. The van der Waals surface area contributed by atoms with Crippen molar-refractivity contribution in [3.05, 3.63) is 70.4 Å². The number of carbonyl (C=O) groups is 1. The molecule has 0 fully saturated rings. The number of hydrogen-bond acceptors (Lipinski definition) is 6. The molecule has 0 aliphatic rings. The van der Waals surface area contributed by atoms with Gasteiger partial charge < -0.3 is 4.42 Å². The number of halogens is 2. The molecular formula is C20H13Cl2N3O2S2. The lowest BCUT2D eigenvalue weighted by molar-refractivity contribution is -0.118. The van der Waals surface area contributed by atoms with Crippen LogP contribution in [0.3, 0.4) is 0 Å². The number of thiazole rings is 1. The summed E-state index contributed by atoms with van der Waals surface area (Å²) in [6.07, 6.45) is 1.43. The Labute approximate surface area is 184 Å². The van der Waals surface area contributed by atoms with E-state index in [4.69, 9.17) is 27.6 Å². The van der Waals surface area contributed by atoms with Gasteiger partial charge in [0.15, 0.2) is 4.34 Å². The van der Waals surface area contributed by atoms with Gasteiger partial charge in [-0.3, -0.25) is 4.79 Å². The summed E-state index contributed by atoms with van der Waals surface area (Å²) < 4.78 is 7.64. The third-order valence-electron chi connectivity index (χ3n) is 3.80. The molecule has 0 saturated heterocycles. The number of para-hydroxylation sites is 1. The van der Waals surface area contributed by atoms with Crippen molar-refractivity contribution in [3.8, 4) is 11.3 Å². The lowest BCUT2D eigenvalue weighted by atomic mass is 10.2. The number of aromatic nitrogens is 1. The van der Waals surface area contributed by atoms with E-state index in [-0.39, 0.29) is 11.7 Å². The Balaban J connectivity index is 1.32. The van der Waals surface area contributed by atoms with Crippen molar-refractivity contribution in [2.45, 2.75) is 4.34 Å². The number of nitrogens with one attached hydrogen (secondary N) is 1. The molecule has 2 heterocycles. The Morgan fingerprint density at radius 1 is 1.21 bits per heavy atom. The first kappa shape index (κ1) is 20.0. The van der Waals surface area contributed by atoms with Crippen molar-refractivity contribution in [3.63, 3.8) is 0 Å². The highest BCUT2D eigenvalue weighted by atomic mass is 35.5. The highest BCUT2D eigenvalue weighted by molar-refractivity contribution is 8.01. The maximum absolute atomic E-state index is 12.0. The number of fused-ring (bicyclic) bond motifs is 1. The smallest absolute Gasteiger partial charge is 0.250 e. The van der Waals surface area contributed by atoms with Crippen LogP contribution < -0.4 is 5.43 Å². The number of thioether (sulfide) groups is 1. The minimum Gasteiger partial charge on any atom is -0.455 e. The van der Waals surface area contributed by atoms with Crippen molar-refractivity contribution < 1.29 is 9.21 Å². The Bertz CT molecular complexity index is 1170. The highest BCUT2D eigenvalue weighted by Crippen LogP contribution is 2.31. The van der Waals surface area contributed by atoms with Crippen LogP contribution in [-0.2, 0) is 4.79 Å². The fourth-order valence-electron chi connectivity index (χ4n) is 2.49. The summed E-state index contributed by atoms with van der Waals surface area (Å²) in [4.78, 5) is 16.5. The molecule has 4 aromatic rings. The van der Waals surface area contributed by atoms with Crippen molar-refractivity contribution in [1.82, 2.24) is 10.4 Å². The first-order valence-corrected chi connectivity index (χ1v) is 11.0. The first-order valence-electron chi connectivity index (χ1n) is 8.44. The summed E-state index contributed by atoms with van der Waals surface area (Å²) in [6, 6.07) is 16.5. The predicted octanol–water partition coefficient (Wildman–Crippen LogP) is 6.11. The van der Waals surface area contributed by atoms with Gasteiger partial charge >= 0.3 is 0 Å². The molecular weight excluding hydrogens is 449 g/mol. The zero-order valence-electron chi connectivity index (χ0n) is 14.8. The van der Waals surface area contributed by atoms with E-state index in [1.54, 1.807) is 41.7 Å². The number of amides is 1. The average Bonchev–Trinajstić information content (AvgIpc) is 3.35. The van der Waals surface area contributed by atoms with Gasteiger partial charge in [-0.05, 0) is 42.5 Å². The molecule has 29 heavy (non-hydrogen) atoms. The van der Waals surface area contributed by atoms with Gasteiger partial charge in [-0.1, -0.05) is 47.1 Å². The second kappa shape index (κ2) is 9.00. The molecule has 0 atom stereocenters. The number of carbonyl (C=O) groups excluding carboxylic acids is 1. The fourth-order valence-corrected chi connectivity index (χ4v) is 4.74. The number of benzene rings is 2. The highest BCUT2D eigenvalue weighted by Gasteiger charge is 2.09. The normalized spacial score (nSPS) is 11.4. The monoisotopic (exact) mass is 461 g/mol.